The normalized spacial score (nSPS) is 33.8. The van der Waals surface area contributed by atoms with Gasteiger partial charge in [-0.25, -0.2) is 0 Å². The van der Waals surface area contributed by atoms with E-state index in [1.807, 2.05) is 0 Å². The van der Waals surface area contributed by atoms with Crippen LogP contribution in [0.1, 0.15) is 39.0 Å². The molecule has 18 heavy (non-hydrogen) atoms. The molecule has 0 saturated carbocycles. The van der Waals surface area contributed by atoms with Gasteiger partial charge < -0.3 is 15.0 Å². The van der Waals surface area contributed by atoms with E-state index in [-0.39, 0.29) is 0 Å². The highest BCUT2D eigenvalue weighted by Gasteiger charge is 2.31. The maximum atomic E-state index is 5.59. The molecule has 3 nitrogen and oxygen atoms in total. The Hall–Kier alpha value is -0.120. The topological polar surface area (TPSA) is 24.5 Å². The Kier molecular flexibility index (Phi) is 5.46. The van der Waals surface area contributed by atoms with Crippen molar-refractivity contribution in [3.63, 3.8) is 0 Å². The lowest BCUT2D eigenvalue weighted by molar-refractivity contribution is 0.0324. The smallest absolute Gasteiger partial charge is 0.0506 e. The molecule has 0 bridgehead atoms. The average molecular weight is 254 g/mol. The average Bonchev–Trinajstić information content (AvgIpc) is 2.41. The van der Waals surface area contributed by atoms with Gasteiger partial charge in [0.25, 0.3) is 0 Å². The van der Waals surface area contributed by atoms with Gasteiger partial charge in [0.1, 0.15) is 0 Å². The molecule has 2 saturated heterocycles. The summed E-state index contributed by atoms with van der Waals surface area (Å²) in [6.07, 6.45) is 6.63. The molecule has 0 aromatic rings. The number of piperidine rings is 1. The van der Waals surface area contributed by atoms with Gasteiger partial charge in [0, 0.05) is 26.2 Å². The Bertz CT molecular complexity index is 233. The zero-order valence-electron chi connectivity index (χ0n) is 12.2. The van der Waals surface area contributed by atoms with Crippen LogP contribution >= 0.6 is 0 Å². The minimum Gasteiger partial charge on any atom is -0.381 e. The fraction of sp³-hybridized carbons (Fsp3) is 1.00. The molecule has 0 spiro atoms. The summed E-state index contributed by atoms with van der Waals surface area (Å²) in [4.78, 5) is 2.55. The van der Waals surface area contributed by atoms with Crippen molar-refractivity contribution in [2.24, 2.45) is 11.3 Å². The molecule has 3 heteroatoms. The van der Waals surface area contributed by atoms with Gasteiger partial charge in [-0.2, -0.15) is 0 Å². The van der Waals surface area contributed by atoms with Crippen LogP contribution in [0, 0.1) is 11.3 Å². The van der Waals surface area contributed by atoms with Crippen molar-refractivity contribution < 1.29 is 4.74 Å². The molecule has 0 aliphatic carbocycles. The molecule has 2 fully saturated rings. The van der Waals surface area contributed by atoms with Gasteiger partial charge in [-0.1, -0.05) is 6.92 Å². The van der Waals surface area contributed by atoms with Crippen LogP contribution in [-0.2, 0) is 4.74 Å². The van der Waals surface area contributed by atoms with Crippen molar-refractivity contribution in [1.82, 2.24) is 10.2 Å². The molecule has 2 unspecified atom stereocenters. The Balaban J connectivity index is 1.78. The third-order valence-electron chi connectivity index (χ3n) is 4.74. The van der Waals surface area contributed by atoms with Crippen LogP contribution in [0.5, 0.6) is 0 Å². The lowest BCUT2D eigenvalue weighted by atomic mass is 9.78. The Morgan fingerprint density at radius 1 is 1.39 bits per heavy atom. The van der Waals surface area contributed by atoms with Gasteiger partial charge >= 0.3 is 0 Å². The molecule has 106 valence electrons. The number of ether oxygens (including phenoxy) is 1. The summed E-state index contributed by atoms with van der Waals surface area (Å²) in [6, 6.07) is 0. The van der Waals surface area contributed by atoms with Gasteiger partial charge in [0.2, 0.25) is 0 Å². The molecule has 0 amide bonds. The summed E-state index contributed by atoms with van der Waals surface area (Å²) >= 11 is 0. The molecule has 0 aromatic carbocycles. The number of hydrogen-bond acceptors (Lipinski definition) is 3. The summed E-state index contributed by atoms with van der Waals surface area (Å²) in [6.45, 7) is 9.17. The second-order valence-electron chi connectivity index (χ2n) is 6.41. The van der Waals surface area contributed by atoms with Crippen molar-refractivity contribution in [2.75, 3.05) is 46.4 Å². The first kappa shape index (κ1) is 14.3. The third kappa shape index (κ3) is 3.94. The minimum atomic E-state index is 0.516. The first-order valence-electron chi connectivity index (χ1n) is 7.71. The number of nitrogens with one attached hydrogen (secondary N) is 1. The first-order valence-corrected chi connectivity index (χ1v) is 7.71. The van der Waals surface area contributed by atoms with E-state index in [9.17, 15) is 0 Å². The maximum absolute atomic E-state index is 5.59. The Labute approximate surface area is 112 Å². The van der Waals surface area contributed by atoms with E-state index in [1.54, 1.807) is 0 Å². The summed E-state index contributed by atoms with van der Waals surface area (Å²) in [5.74, 6) is 0.759. The molecule has 2 atom stereocenters. The second kappa shape index (κ2) is 6.88. The van der Waals surface area contributed by atoms with Gasteiger partial charge in [-0.15, -0.1) is 0 Å². The number of rotatable bonds is 5. The van der Waals surface area contributed by atoms with E-state index >= 15 is 0 Å². The molecule has 2 aliphatic heterocycles. The largest absolute Gasteiger partial charge is 0.381 e. The van der Waals surface area contributed by atoms with Gasteiger partial charge in [0.15, 0.2) is 0 Å². The highest BCUT2D eigenvalue weighted by molar-refractivity contribution is 4.87. The lowest BCUT2D eigenvalue weighted by Crippen LogP contribution is -2.47. The van der Waals surface area contributed by atoms with E-state index in [2.05, 4.69) is 24.2 Å². The Morgan fingerprint density at radius 2 is 2.28 bits per heavy atom. The summed E-state index contributed by atoms with van der Waals surface area (Å²) < 4.78 is 5.59. The van der Waals surface area contributed by atoms with Crippen LogP contribution in [0.3, 0.4) is 0 Å². The highest BCUT2D eigenvalue weighted by atomic mass is 16.5. The predicted octanol–water partition coefficient (Wildman–Crippen LogP) is 2.12. The third-order valence-corrected chi connectivity index (χ3v) is 4.74. The molecular formula is C15H30N2O. The standard InChI is InChI=1S/C15H30N2O/c1-3-15(7-5-8-16-12-15)13-17(2)10-14-6-4-9-18-11-14/h14,16H,3-13H2,1-2H3. The molecular weight excluding hydrogens is 224 g/mol. The van der Waals surface area contributed by atoms with Crippen LogP contribution in [0.4, 0.5) is 0 Å². The van der Waals surface area contributed by atoms with Crippen LogP contribution in [0.2, 0.25) is 0 Å². The Morgan fingerprint density at radius 3 is 2.89 bits per heavy atom. The number of nitrogens with zero attached hydrogens (tertiary/aromatic N) is 1. The lowest BCUT2D eigenvalue weighted by Gasteiger charge is -2.41. The monoisotopic (exact) mass is 254 g/mol. The van der Waals surface area contributed by atoms with Crippen molar-refractivity contribution in [3.8, 4) is 0 Å². The minimum absolute atomic E-state index is 0.516. The van der Waals surface area contributed by atoms with Crippen LogP contribution in [-0.4, -0.2) is 51.3 Å². The summed E-state index contributed by atoms with van der Waals surface area (Å²) in [7, 11) is 2.29. The van der Waals surface area contributed by atoms with Crippen LogP contribution < -0.4 is 5.32 Å². The van der Waals surface area contributed by atoms with Crippen molar-refractivity contribution >= 4 is 0 Å². The van der Waals surface area contributed by atoms with Crippen molar-refractivity contribution in [1.29, 1.82) is 0 Å². The fourth-order valence-corrected chi connectivity index (χ4v) is 3.61. The van der Waals surface area contributed by atoms with E-state index in [4.69, 9.17) is 4.74 Å². The fourth-order valence-electron chi connectivity index (χ4n) is 3.61. The molecule has 1 N–H and O–H groups in total. The van der Waals surface area contributed by atoms with E-state index < -0.39 is 0 Å². The van der Waals surface area contributed by atoms with Gasteiger partial charge in [-0.3, -0.25) is 0 Å². The number of hydrogen-bond donors (Lipinski definition) is 1. The highest BCUT2D eigenvalue weighted by Crippen LogP contribution is 2.31. The van der Waals surface area contributed by atoms with E-state index in [0.717, 1.165) is 19.1 Å². The predicted molar refractivity (Wildman–Crippen MR) is 75.9 cm³/mol. The van der Waals surface area contributed by atoms with Crippen molar-refractivity contribution in [3.05, 3.63) is 0 Å². The van der Waals surface area contributed by atoms with Crippen molar-refractivity contribution in [2.45, 2.75) is 39.0 Å². The first-order chi connectivity index (χ1) is 8.74. The van der Waals surface area contributed by atoms with Crippen LogP contribution in [0.25, 0.3) is 0 Å². The zero-order chi connectivity index (χ0) is 12.8. The summed E-state index contributed by atoms with van der Waals surface area (Å²) in [5.41, 5.74) is 0.516. The molecule has 2 heterocycles. The molecule has 2 rings (SSSR count). The van der Waals surface area contributed by atoms with E-state index in [0.29, 0.717) is 5.41 Å². The summed E-state index contributed by atoms with van der Waals surface area (Å²) in [5, 5.41) is 3.58. The van der Waals surface area contributed by atoms with E-state index in [1.165, 1.54) is 58.3 Å². The zero-order valence-corrected chi connectivity index (χ0v) is 12.2. The molecule has 0 radical (unpaired) electrons. The quantitative estimate of drug-likeness (QED) is 0.813. The second-order valence-corrected chi connectivity index (χ2v) is 6.41. The SMILES string of the molecule is CCC1(CN(C)CC2CCCOC2)CCCNC1. The van der Waals surface area contributed by atoms with Crippen LogP contribution in [0.15, 0.2) is 0 Å². The molecule has 2 aliphatic rings. The van der Waals surface area contributed by atoms with Gasteiger partial charge in [0.05, 0.1) is 6.61 Å². The van der Waals surface area contributed by atoms with Gasteiger partial charge in [-0.05, 0) is 57.0 Å². The molecule has 0 aromatic heterocycles. The maximum Gasteiger partial charge on any atom is 0.0506 e.